The van der Waals surface area contributed by atoms with Crippen molar-refractivity contribution in [2.75, 3.05) is 0 Å². The molecule has 25 heavy (non-hydrogen) atoms. The van der Waals surface area contributed by atoms with E-state index in [1.807, 2.05) is 34.9 Å². The molecule has 0 aliphatic carbocycles. The summed E-state index contributed by atoms with van der Waals surface area (Å²) in [5.74, 6) is 0.300. The van der Waals surface area contributed by atoms with Crippen molar-refractivity contribution in [1.29, 1.82) is 0 Å². The highest BCUT2D eigenvalue weighted by molar-refractivity contribution is 5.84. The predicted molar refractivity (Wildman–Crippen MR) is 98.6 cm³/mol. The van der Waals surface area contributed by atoms with E-state index in [4.69, 9.17) is 0 Å². The Labute approximate surface area is 147 Å². The van der Waals surface area contributed by atoms with E-state index in [1.165, 1.54) is 0 Å². The first-order chi connectivity index (χ1) is 12.1. The van der Waals surface area contributed by atoms with Crippen molar-refractivity contribution in [3.05, 3.63) is 66.0 Å². The van der Waals surface area contributed by atoms with Crippen LogP contribution in [0.4, 0.5) is 0 Å². The van der Waals surface area contributed by atoms with E-state index < -0.39 is 0 Å². The van der Waals surface area contributed by atoms with Crippen molar-refractivity contribution in [3.8, 4) is 0 Å². The highest BCUT2D eigenvalue weighted by Gasteiger charge is 2.21. The molecule has 0 radical (unpaired) electrons. The van der Waals surface area contributed by atoms with Crippen LogP contribution in [0.2, 0.25) is 0 Å². The summed E-state index contributed by atoms with van der Waals surface area (Å²) in [5, 5.41) is 1.04. The lowest BCUT2D eigenvalue weighted by Gasteiger charge is -2.15. The largest absolute Gasteiger partial charge is 0.332 e. The van der Waals surface area contributed by atoms with Crippen LogP contribution in [0.25, 0.3) is 11.0 Å². The monoisotopic (exact) mass is 334 g/mol. The van der Waals surface area contributed by atoms with Gasteiger partial charge in [-0.2, -0.15) is 0 Å². The molecule has 4 heteroatoms. The van der Waals surface area contributed by atoms with Gasteiger partial charge >= 0.3 is 0 Å². The molecular formula is C21H22N2O2. The number of fused-ring (bicyclic) bond motifs is 1. The molecule has 1 unspecified atom stereocenters. The van der Waals surface area contributed by atoms with Gasteiger partial charge in [0.15, 0.2) is 0 Å². The molecule has 2 heterocycles. The highest BCUT2D eigenvalue weighted by atomic mass is 16.1. The zero-order chi connectivity index (χ0) is 17.8. The van der Waals surface area contributed by atoms with Crippen LogP contribution in [0.3, 0.4) is 0 Å². The Bertz CT molecular complexity index is 897. The number of hydrogen-bond acceptors (Lipinski definition) is 3. The summed E-state index contributed by atoms with van der Waals surface area (Å²) in [6.45, 7) is 3.83. The molecule has 3 aromatic rings. The number of carbonyl (C=O) groups is 2. The van der Waals surface area contributed by atoms with Crippen molar-refractivity contribution < 1.29 is 9.59 Å². The number of pyridine rings is 1. The SMILES string of the molecule is CC(=O)CCn1cc(C(CC(C)=O)c2ccccc2)c2cccnc21. The number of nitrogens with zero attached hydrogens (tertiary/aromatic N) is 2. The third-order valence-corrected chi connectivity index (χ3v) is 4.44. The Morgan fingerprint density at radius 3 is 2.48 bits per heavy atom. The second kappa shape index (κ2) is 7.43. The summed E-state index contributed by atoms with van der Waals surface area (Å²) in [6, 6.07) is 14.0. The Hall–Kier alpha value is -2.75. The van der Waals surface area contributed by atoms with Gasteiger partial charge < -0.3 is 4.57 Å². The van der Waals surface area contributed by atoms with Crippen LogP contribution in [0.15, 0.2) is 54.9 Å². The third-order valence-electron chi connectivity index (χ3n) is 4.44. The average molecular weight is 334 g/mol. The number of aromatic nitrogens is 2. The van der Waals surface area contributed by atoms with E-state index in [0.717, 1.165) is 22.2 Å². The van der Waals surface area contributed by atoms with Gasteiger partial charge in [0.05, 0.1) is 0 Å². The van der Waals surface area contributed by atoms with E-state index in [0.29, 0.717) is 19.4 Å². The van der Waals surface area contributed by atoms with Gasteiger partial charge in [0, 0.05) is 43.1 Å². The van der Waals surface area contributed by atoms with E-state index in [9.17, 15) is 9.59 Å². The Kier molecular flexibility index (Phi) is 5.08. The number of Topliss-reactive ketones (excluding diaryl/α,β-unsaturated/α-hetero) is 2. The minimum absolute atomic E-state index is 0.0102. The van der Waals surface area contributed by atoms with Gasteiger partial charge in [-0.15, -0.1) is 0 Å². The number of ketones is 2. The fraction of sp³-hybridized carbons (Fsp3) is 0.286. The quantitative estimate of drug-likeness (QED) is 0.653. The number of aryl methyl sites for hydroxylation is 1. The first-order valence-corrected chi connectivity index (χ1v) is 8.54. The molecule has 0 N–H and O–H groups in total. The Morgan fingerprint density at radius 1 is 1.04 bits per heavy atom. The van der Waals surface area contributed by atoms with Crippen molar-refractivity contribution >= 4 is 22.6 Å². The summed E-state index contributed by atoms with van der Waals surface area (Å²) >= 11 is 0. The average Bonchev–Trinajstić information content (AvgIpc) is 2.97. The van der Waals surface area contributed by atoms with Gasteiger partial charge in [-0.1, -0.05) is 30.3 Å². The number of benzene rings is 1. The van der Waals surface area contributed by atoms with Crippen LogP contribution in [-0.2, 0) is 16.1 Å². The maximum absolute atomic E-state index is 11.9. The fourth-order valence-electron chi connectivity index (χ4n) is 3.26. The summed E-state index contributed by atoms with van der Waals surface area (Å²) in [4.78, 5) is 27.8. The fourth-order valence-corrected chi connectivity index (χ4v) is 3.26. The topological polar surface area (TPSA) is 52.0 Å². The van der Waals surface area contributed by atoms with Gasteiger partial charge in [-0.05, 0) is 37.1 Å². The standard InChI is InChI=1S/C21H22N2O2/c1-15(24)10-12-23-14-20(18-9-6-11-22-21(18)23)19(13-16(2)25)17-7-4-3-5-8-17/h3-9,11,14,19H,10,12-13H2,1-2H3. The summed E-state index contributed by atoms with van der Waals surface area (Å²) in [7, 11) is 0. The van der Waals surface area contributed by atoms with E-state index >= 15 is 0 Å². The molecule has 0 amide bonds. The minimum Gasteiger partial charge on any atom is -0.332 e. The molecule has 0 saturated heterocycles. The van der Waals surface area contributed by atoms with E-state index in [1.54, 1.807) is 20.0 Å². The van der Waals surface area contributed by atoms with Crippen LogP contribution in [-0.4, -0.2) is 21.1 Å². The van der Waals surface area contributed by atoms with Gasteiger partial charge in [-0.3, -0.25) is 9.59 Å². The van der Waals surface area contributed by atoms with Crippen molar-refractivity contribution in [3.63, 3.8) is 0 Å². The summed E-state index contributed by atoms with van der Waals surface area (Å²) in [5.41, 5.74) is 3.07. The zero-order valence-corrected chi connectivity index (χ0v) is 14.6. The third kappa shape index (κ3) is 3.85. The van der Waals surface area contributed by atoms with Gasteiger partial charge in [0.2, 0.25) is 0 Å². The first-order valence-electron chi connectivity index (χ1n) is 8.54. The van der Waals surface area contributed by atoms with Crippen LogP contribution >= 0.6 is 0 Å². The summed E-state index contributed by atoms with van der Waals surface area (Å²) in [6.07, 6.45) is 4.74. The second-order valence-electron chi connectivity index (χ2n) is 6.47. The molecule has 0 bridgehead atoms. The highest BCUT2D eigenvalue weighted by Crippen LogP contribution is 2.34. The van der Waals surface area contributed by atoms with Crippen molar-refractivity contribution in [1.82, 2.24) is 9.55 Å². The first kappa shape index (κ1) is 17.1. The number of hydrogen-bond donors (Lipinski definition) is 0. The molecule has 128 valence electrons. The van der Waals surface area contributed by atoms with Gasteiger partial charge in [0.1, 0.15) is 17.2 Å². The molecule has 1 aromatic carbocycles. The van der Waals surface area contributed by atoms with Crippen LogP contribution in [0, 0.1) is 0 Å². The maximum Gasteiger partial charge on any atom is 0.140 e. The van der Waals surface area contributed by atoms with E-state index in [-0.39, 0.29) is 17.5 Å². The van der Waals surface area contributed by atoms with Gasteiger partial charge in [0.25, 0.3) is 0 Å². The molecule has 0 aliphatic heterocycles. The lowest BCUT2D eigenvalue weighted by atomic mass is 9.87. The summed E-state index contributed by atoms with van der Waals surface area (Å²) < 4.78 is 2.03. The van der Waals surface area contributed by atoms with E-state index in [2.05, 4.69) is 23.3 Å². The van der Waals surface area contributed by atoms with Crippen LogP contribution in [0.1, 0.15) is 43.7 Å². The van der Waals surface area contributed by atoms with Crippen molar-refractivity contribution in [2.24, 2.45) is 0 Å². The molecule has 0 fully saturated rings. The number of rotatable bonds is 7. The molecular weight excluding hydrogens is 312 g/mol. The van der Waals surface area contributed by atoms with Crippen LogP contribution in [0.5, 0.6) is 0 Å². The molecule has 0 saturated carbocycles. The minimum atomic E-state index is -0.0102. The maximum atomic E-state index is 11.9. The number of carbonyl (C=O) groups excluding carboxylic acids is 2. The normalized spacial score (nSPS) is 12.2. The van der Waals surface area contributed by atoms with Gasteiger partial charge in [-0.25, -0.2) is 4.98 Å². The smallest absolute Gasteiger partial charge is 0.140 e. The Morgan fingerprint density at radius 2 is 1.80 bits per heavy atom. The zero-order valence-electron chi connectivity index (χ0n) is 14.6. The lowest BCUT2D eigenvalue weighted by Crippen LogP contribution is -2.06. The second-order valence-corrected chi connectivity index (χ2v) is 6.47. The molecule has 0 aliphatic rings. The molecule has 3 rings (SSSR count). The Balaban J connectivity index is 2.11. The molecule has 2 aromatic heterocycles. The molecule has 4 nitrogen and oxygen atoms in total. The predicted octanol–water partition coefficient (Wildman–Crippen LogP) is 4.13. The molecule has 1 atom stereocenters. The van der Waals surface area contributed by atoms with Crippen LogP contribution < -0.4 is 0 Å². The lowest BCUT2D eigenvalue weighted by molar-refractivity contribution is -0.118. The van der Waals surface area contributed by atoms with Crippen molar-refractivity contribution in [2.45, 2.75) is 39.2 Å². The molecule has 0 spiro atoms.